The largest absolute Gasteiger partial charge is 0.337 e. The first-order chi connectivity index (χ1) is 10.3. The van der Waals surface area contributed by atoms with Crippen LogP contribution in [-0.2, 0) is 0 Å². The van der Waals surface area contributed by atoms with E-state index >= 15 is 0 Å². The van der Waals surface area contributed by atoms with Crippen LogP contribution in [0.4, 0.5) is 11.5 Å². The van der Waals surface area contributed by atoms with Crippen molar-refractivity contribution in [2.24, 2.45) is 0 Å². The Balaban J connectivity index is 1.95. The number of pyridine rings is 1. The lowest BCUT2D eigenvalue weighted by Crippen LogP contribution is -2.00. The average molecular weight is 340 g/mol. The molecule has 4 aromatic rings. The molecule has 0 aliphatic carbocycles. The Hall–Kier alpha value is -2.47. The van der Waals surface area contributed by atoms with E-state index in [-0.39, 0.29) is 0 Å². The molecule has 0 fully saturated rings. The number of nitrogens with one attached hydrogen (secondary N) is 1. The molecule has 6 heteroatoms. The third-order valence-electron chi connectivity index (χ3n) is 3.23. The normalized spacial score (nSPS) is 11.1. The predicted octanol–water partition coefficient (Wildman–Crippen LogP) is 3.78. The van der Waals surface area contributed by atoms with Crippen molar-refractivity contribution in [2.75, 3.05) is 5.32 Å². The third-order valence-corrected chi connectivity index (χ3v) is 3.93. The molecule has 102 valence electrons. The molecular weight excluding hydrogens is 330 g/mol. The van der Waals surface area contributed by atoms with Crippen LogP contribution >= 0.6 is 15.9 Å². The Morgan fingerprint density at radius 1 is 1.10 bits per heavy atom. The van der Waals surface area contributed by atoms with Crippen molar-refractivity contribution >= 4 is 44.1 Å². The quantitative estimate of drug-likeness (QED) is 0.603. The van der Waals surface area contributed by atoms with Crippen LogP contribution in [0.15, 0.2) is 59.6 Å². The first-order valence-corrected chi connectivity index (χ1v) is 7.20. The number of para-hydroxylation sites is 1. The van der Waals surface area contributed by atoms with Crippen LogP contribution in [0.1, 0.15) is 0 Å². The van der Waals surface area contributed by atoms with Gasteiger partial charge in [-0.3, -0.25) is 4.40 Å². The average Bonchev–Trinajstić information content (AvgIpc) is 3.00. The molecule has 1 N–H and O–H groups in total. The lowest BCUT2D eigenvalue weighted by atomic mass is 10.3. The molecule has 4 rings (SSSR count). The summed E-state index contributed by atoms with van der Waals surface area (Å²) in [4.78, 5) is 13.2. The molecule has 0 atom stereocenters. The highest BCUT2D eigenvalue weighted by Gasteiger charge is 2.10. The first kappa shape index (κ1) is 12.3. The van der Waals surface area contributed by atoms with Crippen molar-refractivity contribution in [2.45, 2.75) is 0 Å². The summed E-state index contributed by atoms with van der Waals surface area (Å²) in [6, 6.07) is 11.7. The fraction of sp³-hybridized carbons (Fsp3) is 0. The summed E-state index contributed by atoms with van der Waals surface area (Å²) in [6.45, 7) is 0. The topological polar surface area (TPSA) is 55.1 Å². The standard InChI is InChI=1S/C15H10BrN5/c16-10-4-1-2-5-11(10)19-14-13-8-17-9-21(13)15-12(20-14)6-3-7-18-15/h1-9H,(H,19,20). The lowest BCUT2D eigenvalue weighted by molar-refractivity contribution is 1.14. The molecule has 0 amide bonds. The van der Waals surface area contributed by atoms with Gasteiger partial charge in [0.2, 0.25) is 0 Å². The van der Waals surface area contributed by atoms with Crippen molar-refractivity contribution in [3.05, 3.63) is 59.6 Å². The zero-order valence-corrected chi connectivity index (χ0v) is 12.4. The number of aromatic nitrogens is 4. The van der Waals surface area contributed by atoms with E-state index in [1.165, 1.54) is 0 Å². The molecule has 0 saturated carbocycles. The van der Waals surface area contributed by atoms with Crippen molar-refractivity contribution in [3.8, 4) is 0 Å². The summed E-state index contributed by atoms with van der Waals surface area (Å²) < 4.78 is 2.91. The van der Waals surface area contributed by atoms with Gasteiger partial charge in [-0.1, -0.05) is 12.1 Å². The van der Waals surface area contributed by atoms with Crippen LogP contribution in [0, 0.1) is 0 Å². The minimum absolute atomic E-state index is 0.750. The summed E-state index contributed by atoms with van der Waals surface area (Å²) in [6.07, 6.45) is 5.28. The summed E-state index contributed by atoms with van der Waals surface area (Å²) in [7, 11) is 0. The van der Waals surface area contributed by atoms with Gasteiger partial charge in [-0.2, -0.15) is 0 Å². The lowest BCUT2D eigenvalue weighted by Gasteiger charge is -2.10. The molecule has 3 aromatic heterocycles. The number of hydrogen-bond acceptors (Lipinski definition) is 4. The summed E-state index contributed by atoms with van der Waals surface area (Å²) in [5, 5.41) is 3.35. The highest BCUT2D eigenvalue weighted by molar-refractivity contribution is 9.10. The molecule has 5 nitrogen and oxygen atoms in total. The zero-order chi connectivity index (χ0) is 14.2. The van der Waals surface area contributed by atoms with Gasteiger partial charge in [0.15, 0.2) is 11.5 Å². The molecular formula is C15H10BrN5. The van der Waals surface area contributed by atoms with Crippen LogP contribution in [0.3, 0.4) is 0 Å². The molecule has 21 heavy (non-hydrogen) atoms. The summed E-state index contributed by atoms with van der Waals surface area (Å²) >= 11 is 3.53. The maximum absolute atomic E-state index is 4.66. The maximum Gasteiger partial charge on any atom is 0.164 e. The zero-order valence-electron chi connectivity index (χ0n) is 10.9. The van der Waals surface area contributed by atoms with Crippen molar-refractivity contribution < 1.29 is 0 Å². The number of anilines is 2. The number of nitrogens with zero attached hydrogens (tertiary/aromatic N) is 4. The van der Waals surface area contributed by atoms with E-state index in [1.54, 1.807) is 18.7 Å². The number of rotatable bonds is 2. The van der Waals surface area contributed by atoms with E-state index in [2.05, 4.69) is 36.2 Å². The Bertz CT molecular complexity index is 947. The second-order valence-corrected chi connectivity index (χ2v) is 5.41. The van der Waals surface area contributed by atoms with Gasteiger partial charge in [0.05, 0.1) is 11.9 Å². The van der Waals surface area contributed by atoms with Crippen molar-refractivity contribution in [1.29, 1.82) is 0 Å². The minimum Gasteiger partial charge on any atom is -0.337 e. The number of fused-ring (bicyclic) bond motifs is 3. The van der Waals surface area contributed by atoms with Crippen LogP contribution in [-0.4, -0.2) is 19.4 Å². The Morgan fingerprint density at radius 3 is 2.90 bits per heavy atom. The number of benzene rings is 1. The Labute approximate surface area is 128 Å². The van der Waals surface area contributed by atoms with Crippen LogP contribution in [0.2, 0.25) is 0 Å². The van der Waals surface area contributed by atoms with E-state index in [4.69, 9.17) is 0 Å². The second-order valence-electron chi connectivity index (χ2n) is 4.56. The van der Waals surface area contributed by atoms with Crippen LogP contribution in [0.5, 0.6) is 0 Å². The Kier molecular flexibility index (Phi) is 2.82. The fourth-order valence-electron chi connectivity index (χ4n) is 2.26. The van der Waals surface area contributed by atoms with E-state index in [0.717, 1.165) is 32.7 Å². The van der Waals surface area contributed by atoms with Crippen LogP contribution < -0.4 is 5.32 Å². The summed E-state index contributed by atoms with van der Waals surface area (Å²) in [5.74, 6) is 0.750. The SMILES string of the molecule is Brc1ccccc1Nc1nc2cccnc2n2cncc12. The van der Waals surface area contributed by atoms with E-state index < -0.39 is 0 Å². The molecule has 0 aliphatic heterocycles. The minimum atomic E-state index is 0.750. The Morgan fingerprint density at radius 2 is 2.00 bits per heavy atom. The molecule has 0 radical (unpaired) electrons. The fourth-order valence-corrected chi connectivity index (χ4v) is 2.64. The molecule has 0 aliphatic rings. The predicted molar refractivity (Wildman–Crippen MR) is 85.7 cm³/mol. The van der Waals surface area contributed by atoms with Gasteiger partial charge in [-0.15, -0.1) is 0 Å². The molecule has 0 bridgehead atoms. The van der Waals surface area contributed by atoms with Gasteiger partial charge in [0.25, 0.3) is 0 Å². The number of halogens is 1. The highest BCUT2D eigenvalue weighted by Crippen LogP contribution is 2.27. The van der Waals surface area contributed by atoms with Crippen LogP contribution in [0.25, 0.3) is 16.7 Å². The van der Waals surface area contributed by atoms with Crippen molar-refractivity contribution in [3.63, 3.8) is 0 Å². The molecule has 3 heterocycles. The molecule has 1 aromatic carbocycles. The van der Waals surface area contributed by atoms with Gasteiger partial charge < -0.3 is 5.32 Å². The smallest absolute Gasteiger partial charge is 0.164 e. The van der Waals surface area contributed by atoms with E-state index in [1.807, 2.05) is 40.8 Å². The third kappa shape index (κ3) is 2.04. The highest BCUT2D eigenvalue weighted by atomic mass is 79.9. The van der Waals surface area contributed by atoms with Gasteiger partial charge in [-0.25, -0.2) is 15.0 Å². The monoisotopic (exact) mass is 339 g/mol. The van der Waals surface area contributed by atoms with E-state index in [0.29, 0.717) is 0 Å². The molecule has 0 spiro atoms. The number of hydrogen-bond donors (Lipinski definition) is 1. The van der Waals surface area contributed by atoms with Gasteiger partial charge in [-0.05, 0) is 40.2 Å². The molecule has 0 unspecified atom stereocenters. The maximum atomic E-state index is 4.66. The van der Waals surface area contributed by atoms with Crippen molar-refractivity contribution in [1.82, 2.24) is 19.4 Å². The van der Waals surface area contributed by atoms with Gasteiger partial charge in [0, 0.05) is 10.7 Å². The summed E-state index contributed by atoms with van der Waals surface area (Å²) in [5.41, 5.74) is 3.45. The van der Waals surface area contributed by atoms with Gasteiger partial charge in [0.1, 0.15) is 17.4 Å². The van der Waals surface area contributed by atoms with Gasteiger partial charge >= 0.3 is 0 Å². The van der Waals surface area contributed by atoms with E-state index in [9.17, 15) is 0 Å². The molecule has 0 saturated heterocycles. The number of imidazole rings is 1. The second kappa shape index (κ2) is 4.82. The first-order valence-electron chi connectivity index (χ1n) is 6.41.